The molecule has 2 aromatic rings. The fourth-order valence-corrected chi connectivity index (χ4v) is 3.77. The molecule has 0 aliphatic heterocycles. The van der Waals surface area contributed by atoms with Gasteiger partial charge in [0.2, 0.25) is 0 Å². The van der Waals surface area contributed by atoms with E-state index in [4.69, 9.17) is 9.47 Å². The van der Waals surface area contributed by atoms with Crippen molar-refractivity contribution in [3.63, 3.8) is 0 Å². The van der Waals surface area contributed by atoms with Crippen molar-refractivity contribution in [2.24, 2.45) is 0 Å². The Balaban J connectivity index is 1.60. The van der Waals surface area contributed by atoms with E-state index in [0.717, 1.165) is 18.4 Å². The molecule has 1 aromatic heterocycles. The van der Waals surface area contributed by atoms with Gasteiger partial charge in [0.1, 0.15) is 5.00 Å². The van der Waals surface area contributed by atoms with Crippen LogP contribution in [0.2, 0.25) is 0 Å². The van der Waals surface area contributed by atoms with Crippen molar-refractivity contribution < 1.29 is 29.0 Å². The number of anilines is 1. The number of rotatable bonds is 8. The van der Waals surface area contributed by atoms with Crippen molar-refractivity contribution in [1.29, 1.82) is 0 Å². The highest BCUT2D eigenvalue weighted by atomic mass is 32.1. The highest BCUT2D eigenvalue weighted by Crippen LogP contribution is 2.46. The van der Waals surface area contributed by atoms with E-state index in [-0.39, 0.29) is 6.61 Å². The summed E-state index contributed by atoms with van der Waals surface area (Å²) >= 11 is 1.24. The number of amides is 1. The van der Waals surface area contributed by atoms with Crippen LogP contribution in [0.4, 0.5) is 5.00 Å². The van der Waals surface area contributed by atoms with Gasteiger partial charge in [-0.1, -0.05) is 30.3 Å². The molecule has 1 amide bonds. The zero-order valence-corrected chi connectivity index (χ0v) is 16.2. The predicted octanol–water partition coefficient (Wildman–Crippen LogP) is 3.02. The molecule has 1 aromatic carbocycles. The molecule has 148 valence electrons. The Bertz CT molecular complexity index is 859. The number of thiophene rings is 1. The van der Waals surface area contributed by atoms with Gasteiger partial charge in [-0.05, 0) is 42.2 Å². The van der Waals surface area contributed by atoms with E-state index in [1.807, 2.05) is 5.38 Å². The molecular formula is C20H21NO6S. The third-order valence-electron chi connectivity index (χ3n) is 4.25. The zero-order chi connectivity index (χ0) is 20.1. The average molecular weight is 403 g/mol. The van der Waals surface area contributed by atoms with Crippen LogP contribution in [0.3, 0.4) is 0 Å². The molecule has 1 heterocycles. The standard InChI is InChI=1S/C20H21NO6S/c1-2-26-19(24)16-14(12-8-9-12)11-28-18(16)21-15(22)10-27-20(25)17(23)13-6-4-3-5-7-13/h3-7,11-12,17,23H,2,8-10H2,1H3,(H,21,22)/t17-/m1/s1. The molecule has 1 fully saturated rings. The fraction of sp³-hybridized carbons (Fsp3) is 0.350. The second-order valence-electron chi connectivity index (χ2n) is 6.36. The zero-order valence-electron chi connectivity index (χ0n) is 15.3. The summed E-state index contributed by atoms with van der Waals surface area (Å²) < 4.78 is 10.00. The minimum atomic E-state index is -1.47. The largest absolute Gasteiger partial charge is 0.462 e. The Morgan fingerprint density at radius 3 is 2.57 bits per heavy atom. The first-order chi connectivity index (χ1) is 13.5. The monoisotopic (exact) mass is 403 g/mol. The molecule has 8 heteroatoms. The lowest BCUT2D eigenvalue weighted by Gasteiger charge is -2.11. The minimum Gasteiger partial charge on any atom is -0.462 e. The summed E-state index contributed by atoms with van der Waals surface area (Å²) in [6, 6.07) is 8.30. The van der Waals surface area contributed by atoms with Crippen LogP contribution in [0, 0.1) is 0 Å². The average Bonchev–Trinajstić information content (AvgIpc) is 3.46. The Morgan fingerprint density at radius 1 is 1.21 bits per heavy atom. The molecule has 0 bridgehead atoms. The van der Waals surface area contributed by atoms with Gasteiger partial charge in [0.15, 0.2) is 12.7 Å². The van der Waals surface area contributed by atoms with E-state index in [0.29, 0.717) is 22.0 Å². The minimum absolute atomic E-state index is 0.237. The van der Waals surface area contributed by atoms with E-state index >= 15 is 0 Å². The van der Waals surface area contributed by atoms with E-state index in [9.17, 15) is 19.5 Å². The number of carbonyl (C=O) groups excluding carboxylic acids is 3. The van der Waals surface area contributed by atoms with E-state index in [1.165, 1.54) is 11.3 Å². The second-order valence-corrected chi connectivity index (χ2v) is 7.24. The smallest absolute Gasteiger partial charge is 0.341 e. The van der Waals surface area contributed by atoms with Crippen molar-refractivity contribution in [3.8, 4) is 0 Å². The summed E-state index contributed by atoms with van der Waals surface area (Å²) in [7, 11) is 0. The molecule has 1 saturated carbocycles. The number of hydrogen-bond acceptors (Lipinski definition) is 7. The maximum absolute atomic E-state index is 12.3. The van der Waals surface area contributed by atoms with Gasteiger partial charge in [-0.25, -0.2) is 9.59 Å². The van der Waals surface area contributed by atoms with E-state index in [1.54, 1.807) is 37.3 Å². The van der Waals surface area contributed by atoms with Crippen molar-refractivity contribution in [2.75, 3.05) is 18.5 Å². The summed E-state index contributed by atoms with van der Waals surface area (Å²) in [6.07, 6.45) is 0.545. The number of ether oxygens (including phenoxy) is 2. The van der Waals surface area contributed by atoms with Gasteiger partial charge in [-0.3, -0.25) is 4.79 Å². The van der Waals surface area contributed by atoms with Gasteiger partial charge >= 0.3 is 11.9 Å². The number of carbonyl (C=O) groups is 3. The molecule has 1 aliphatic carbocycles. The Hall–Kier alpha value is -2.71. The Kier molecular flexibility index (Phi) is 6.43. The Labute approximate surface area is 166 Å². The molecule has 28 heavy (non-hydrogen) atoms. The summed E-state index contributed by atoms with van der Waals surface area (Å²) in [4.78, 5) is 36.4. The third-order valence-corrected chi connectivity index (χ3v) is 5.17. The first-order valence-electron chi connectivity index (χ1n) is 8.99. The predicted molar refractivity (Wildman–Crippen MR) is 103 cm³/mol. The van der Waals surface area contributed by atoms with Crippen LogP contribution in [0.15, 0.2) is 35.7 Å². The molecule has 0 radical (unpaired) electrons. The number of nitrogens with one attached hydrogen (secondary N) is 1. The Morgan fingerprint density at radius 2 is 1.93 bits per heavy atom. The number of esters is 2. The molecule has 3 rings (SSSR count). The number of hydrogen-bond donors (Lipinski definition) is 2. The summed E-state index contributed by atoms with van der Waals surface area (Å²) in [5.74, 6) is -1.67. The van der Waals surface area contributed by atoms with Crippen LogP contribution in [0.25, 0.3) is 0 Å². The topological polar surface area (TPSA) is 102 Å². The highest BCUT2D eigenvalue weighted by molar-refractivity contribution is 7.15. The van der Waals surface area contributed by atoms with Crippen molar-refractivity contribution in [3.05, 3.63) is 52.4 Å². The molecule has 2 N–H and O–H groups in total. The van der Waals surface area contributed by atoms with Crippen molar-refractivity contribution in [2.45, 2.75) is 31.8 Å². The van der Waals surface area contributed by atoms with Gasteiger partial charge in [0.25, 0.3) is 5.91 Å². The summed E-state index contributed by atoms with van der Waals surface area (Å²) in [6.45, 7) is 1.39. The van der Waals surface area contributed by atoms with E-state index in [2.05, 4.69) is 5.32 Å². The van der Waals surface area contributed by atoms with Crippen LogP contribution in [-0.4, -0.2) is 36.2 Å². The van der Waals surface area contributed by atoms with Gasteiger partial charge in [0.05, 0.1) is 12.2 Å². The lowest BCUT2D eigenvalue weighted by atomic mass is 10.1. The molecule has 7 nitrogen and oxygen atoms in total. The van der Waals surface area contributed by atoms with Gasteiger partial charge in [-0.2, -0.15) is 0 Å². The molecule has 0 spiro atoms. The van der Waals surface area contributed by atoms with Gasteiger partial charge in [-0.15, -0.1) is 11.3 Å². The second kappa shape index (κ2) is 8.99. The molecule has 1 atom stereocenters. The summed E-state index contributed by atoms with van der Waals surface area (Å²) in [5.41, 5.74) is 1.64. The van der Waals surface area contributed by atoms with E-state index < -0.39 is 30.6 Å². The molecule has 0 saturated heterocycles. The van der Waals surface area contributed by atoms with Crippen LogP contribution in [-0.2, 0) is 19.1 Å². The van der Waals surface area contributed by atoms with Crippen molar-refractivity contribution >= 4 is 34.2 Å². The van der Waals surface area contributed by atoms with Crippen LogP contribution >= 0.6 is 11.3 Å². The first kappa shape index (κ1) is 20.0. The molecule has 0 unspecified atom stereocenters. The van der Waals surface area contributed by atoms with Crippen LogP contribution in [0.5, 0.6) is 0 Å². The highest BCUT2D eigenvalue weighted by Gasteiger charge is 2.32. The molecule has 1 aliphatic rings. The quantitative estimate of drug-likeness (QED) is 0.657. The van der Waals surface area contributed by atoms with Crippen LogP contribution < -0.4 is 5.32 Å². The normalized spacial score (nSPS) is 14.2. The maximum Gasteiger partial charge on any atom is 0.341 e. The van der Waals surface area contributed by atoms with Crippen LogP contribution in [0.1, 0.15) is 53.3 Å². The number of aliphatic hydroxyl groups excluding tert-OH is 1. The molecular weight excluding hydrogens is 382 g/mol. The summed E-state index contributed by atoms with van der Waals surface area (Å²) in [5, 5.41) is 14.8. The fourth-order valence-electron chi connectivity index (χ4n) is 2.72. The lowest BCUT2D eigenvalue weighted by molar-refractivity contribution is -0.156. The SMILES string of the molecule is CCOC(=O)c1c(C2CC2)csc1NC(=O)COC(=O)[C@H](O)c1ccccc1. The van der Waals surface area contributed by atoms with Crippen molar-refractivity contribution in [1.82, 2.24) is 0 Å². The first-order valence-corrected chi connectivity index (χ1v) is 9.87. The van der Waals surface area contributed by atoms with Gasteiger partial charge in [0, 0.05) is 0 Å². The van der Waals surface area contributed by atoms with Gasteiger partial charge < -0.3 is 19.9 Å². The lowest BCUT2D eigenvalue weighted by Crippen LogP contribution is -2.24. The number of benzene rings is 1. The number of aliphatic hydroxyl groups is 1. The maximum atomic E-state index is 12.3. The third kappa shape index (κ3) is 4.76.